The average molecular weight is 283 g/mol. The van der Waals surface area contributed by atoms with Crippen molar-refractivity contribution in [2.75, 3.05) is 13.1 Å². The predicted octanol–water partition coefficient (Wildman–Crippen LogP) is 2.68. The van der Waals surface area contributed by atoms with Crippen molar-refractivity contribution in [3.05, 3.63) is 35.4 Å². The zero-order chi connectivity index (χ0) is 13.0. The summed E-state index contributed by atoms with van der Waals surface area (Å²) in [6.45, 7) is 3.59. The second-order valence-corrected chi connectivity index (χ2v) is 4.85. The van der Waals surface area contributed by atoms with Gasteiger partial charge in [-0.2, -0.15) is 0 Å². The summed E-state index contributed by atoms with van der Waals surface area (Å²) in [7, 11) is 0. The first-order valence-corrected chi connectivity index (χ1v) is 6.85. The Labute approximate surface area is 121 Å². The molecule has 0 radical (unpaired) electrons. The first-order chi connectivity index (χ1) is 8.77. The summed E-state index contributed by atoms with van der Waals surface area (Å²) in [6.07, 6.45) is 3.31. The van der Waals surface area contributed by atoms with E-state index in [0.29, 0.717) is 13.0 Å². The van der Waals surface area contributed by atoms with E-state index < -0.39 is 0 Å². The van der Waals surface area contributed by atoms with E-state index in [1.165, 1.54) is 11.1 Å². The van der Waals surface area contributed by atoms with E-state index in [1.807, 2.05) is 4.90 Å². The van der Waals surface area contributed by atoms with Crippen LogP contribution in [0.2, 0.25) is 0 Å². The van der Waals surface area contributed by atoms with Crippen molar-refractivity contribution in [1.29, 1.82) is 0 Å². The third-order valence-electron chi connectivity index (χ3n) is 3.71. The Hall–Kier alpha value is -1.06. The molecule has 0 fully saturated rings. The lowest BCUT2D eigenvalue weighted by molar-refractivity contribution is -0.134. The topological polar surface area (TPSA) is 46.3 Å². The molecule has 1 aliphatic rings. The van der Waals surface area contributed by atoms with Crippen molar-refractivity contribution in [3.63, 3.8) is 0 Å². The number of amides is 1. The highest BCUT2D eigenvalue weighted by Crippen LogP contribution is 2.32. The predicted molar refractivity (Wildman–Crippen MR) is 80.4 cm³/mol. The summed E-state index contributed by atoms with van der Waals surface area (Å²) < 4.78 is 0. The molecule has 1 aromatic carbocycles. The lowest BCUT2D eigenvalue weighted by Crippen LogP contribution is -2.39. The molecular weight excluding hydrogens is 260 g/mol. The molecule has 1 unspecified atom stereocenters. The molecule has 0 aromatic heterocycles. The minimum Gasteiger partial charge on any atom is -0.335 e. The number of rotatable bonds is 4. The number of halogens is 1. The van der Waals surface area contributed by atoms with Crippen LogP contribution in [0.3, 0.4) is 0 Å². The SMILES string of the molecule is CCC1c2ccccc2CCN1C(=O)CCCN.Cl. The monoisotopic (exact) mass is 282 g/mol. The maximum atomic E-state index is 12.2. The third-order valence-corrected chi connectivity index (χ3v) is 3.71. The summed E-state index contributed by atoms with van der Waals surface area (Å²) in [5, 5.41) is 0. The Morgan fingerprint density at radius 1 is 1.42 bits per heavy atom. The Morgan fingerprint density at radius 2 is 2.16 bits per heavy atom. The molecular formula is C15H23ClN2O. The van der Waals surface area contributed by atoms with Crippen LogP contribution >= 0.6 is 12.4 Å². The Bertz CT molecular complexity index is 422. The number of nitrogens with two attached hydrogens (primary N) is 1. The van der Waals surface area contributed by atoms with Gasteiger partial charge in [0.2, 0.25) is 5.91 Å². The van der Waals surface area contributed by atoms with Crippen molar-refractivity contribution in [2.24, 2.45) is 5.73 Å². The maximum Gasteiger partial charge on any atom is 0.223 e. The molecule has 1 aromatic rings. The number of hydrogen-bond donors (Lipinski definition) is 1. The molecule has 1 atom stereocenters. The van der Waals surface area contributed by atoms with E-state index in [9.17, 15) is 4.79 Å². The van der Waals surface area contributed by atoms with Gasteiger partial charge in [-0.3, -0.25) is 4.79 Å². The molecule has 1 heterocycles. The highest BCUT2D eigenvalue weighted by molar-refractivity contribution is 5.85. The van der Waals surface area contributed by atoms with Gasteiger partial charge in [0.05, 0.1) is 6.04 Å². The second-order valence-electron chi connectivity index (χ2n) is 4.85. The quantitative estimate of drug-likeness (QED) is 0.923. The zero-order valence-corrected chi connectivity index (χ0v) is 12.3. The zero-order valence-electron chi connectivity index (χ0n) is 11.5. The highest BCUT2D eigenvalue weighted by Gasteiger charge is 2.28. The average Bonchev–Trinajstić information content (AvgIpc) is 2.43. The summed E-state index contributed by atoms with van der Waals surface area (Å²) >= 11 is 0. The minimum absolute atomic E-state index is 0. The number of benzene rings is 1. The van der Waals surface area contributed by atoms with Crippen LogP contribution in [0, 0.1) is 0 Å². The van der Waals surface area contributed by atoms with Crippen molar-refractivity contribution < 1.29 is 4.79 Å². The molecule has 4 heteroatoms. The largest absolute Gasteiger partial charge is 0.335 e. The molecule has 0 saturated heterocycles. The van der Waals surface area contributed by atoms with Crippen molar-refractivity contribution >= 4 is 18.3 Å². The summed E-state index contributed by atoms with van der Waals surface area (Å²) in [4.78, 5) is 14.2. The molecule has 2 rings (SSSR count). The summed E-state index contributed by atoms with van der Waals surface area (Å²) in [6, 6.07) is 8.73. The minimum atomic E-state index is 0. The first-order valence-electron chi connectivity index (χ1n) is 6.85. The normalized spacial score (nSPS) is 17.6. The number of fused-ring (bicyclic) bond motifs is 1. The first kappa shape index (κ1) is 16.0. The van der Waals surface area contributed by atoms with E-state index in [2.05, 4.69) is 31.2 Å². The molecule has 1 amide bonds. The van der Waals surface area contributed by atoms with E-state index in [4.69, 9.17) is 5.73 Å². The molecule has 0 spiro atoms. The van der Waals surface area contributed by atoms with Gasteiger partial charge in [0, 0.05) is 13.0 Å². The lowest BCUT2D eigenvalue weighted by Gasteiger charge is -2.37. The van der Waals surface area contributed by atoms with Crippen LogP contribution in [0.25, 0.3) is 0 Å². The van der Waals surface area contributed by atoms with Crippen LogP contribution in [0.4, 0.5) is 0 Å². The number of carbonyl (C=O) groups excluding carboxylic acids is 1. The summed E-state index contributed by atoms with van der Waals surface area (Å²) in [5.41, 5.74) is 8.20. The Balaban J connectivity index is 0.00000180. The Morgan fingerprint density at radius 3 is 2.84 bits per heavy atom. The van der Waals surface area contributed by atoms with Crippen LogP contribution in [0.15, 0.2) is 24.3 Å². The molecule has 0 aliphatic carbocycles. The third kappa shape index (κ3) is 3.48. The van der Waals surface area contributed by atoms with Gasteiger partial charge in [0.25, 0.3) is 0 Å². The summed E-state index contributed by atoms with van der Waals surface area (Å²) in [5.74, 6) is 0.252. The van der Waals surface area contributed by atoms with Crippen LogP contribution < -0.4 is 5.73 Å². The molecule has 3 nitrogen and oxygen atoms in total. The maximum absolute atomic E-state index is 12.2. The van der Waals surface area contributed by atoms with Gasteiger partial charge in [0.15, 0.2) is 0 Å². The fraction of sp³-hybridized carbons (Fsp3) is 0.533. The van der Waals surface area contributed by atoms with Gasteiger partial charge in [-0.15, -0.1) is 12.4 Å². The van der Waals surface area contributed by atoms with Gasteiger partial charge in [-0.05, 0) is 36.9 Å². The van der Waals surface area contributed by atoms with E-state index >= 15 is 0 Å². The lowest BCUT2D eigenvalue weighted by atomic mass is 9.91. The van der Waals surface area contributed by atoms with Crippen LogP contribution in [0.5, 0.6) is 0 Å². The fourth-order valence-electron chi connectivity index (χ4n) is 2.79. The molecule has 2 N–H and O–H groups in total. The van der Waals surface area contributed by atoms with Crippen molar-refractivity contribution in [1.82, 2.24) is 4.90 Å². The Kier molecular flexibility index (Phi) is 6.32. The van der Waals surface area contributed by atoms with E-state index in [0.717, 1.165) is 25.8 Å². The molecule has 0 saturated carbocycles. The standard InChI is InChI=1S/C15H22N2O.ClH/c1-2-14-13-7-4-3-6-12(13)9-11-17(14)15(18)8-5-10-16;/h3-4,6-7,14H,2,5,8-11,16H2,1H3;1H. The van der Waals surface area contributed by atoms with Crippen LogP contribution in [-0.4, -0.2) is 23.9 Å². The molecule has 1 aliphatic heterocycles. The second kappa shape index (κ2) is 7.51. The van der Waals surface area contributed by atoms with Crippen molar-refractivity contribution in [2.45, 2.75) is 38.6 Å². The van der Waals surface area contributed by atoms with Crippen molar-refractivity contribution in [3.8, 4) is 0 Å². The smallest absolute Gasteiger partial charge is 0.223 e. The van der Waals surface area contributed by atoms with E-state index in [-0.39, 0.29) is 24.4 Å². The number of nitrogens with zero attached hydrogens (tertiary/aromatic N) is 1. The van der Waals surface area contributed by atoms with Gasteiger partial charge < -0.3 is 10.6 Å². The highest BCUT2D eigenvalue weighted by atomic mass is 35.5. The van der Waals surface area contributed by atoms with Gasteiger partial charge in [-0.25, -0.2) is 0 Å². The van der Waals surface area contributed by atoms with E-state index in [1.54, 1.807) is 0 Å². The molecule has 0 bridgehead atoms. The molecule has 106 valence electrons. The van der Waals surface area contributed by atoms with Crippen LogP contribution in [-0.2, 0) is 11.2 Å². The van der Waals surface area contributed by atoms with Gasteiger partial charge >= 0.3 is 0 Å². The fourth-order valence-corrected chi connectivity index (χ4v) is 2.79. The molecule has 19 heavy (non-hydrogen) atoms. The van der Waals surface area contributed by atoms with Gasteiger partial charge in [-0.1, -0.05) is 31.2 Å². The van der Waals surface area contributed by atoms with Gasteiger partial charge in [0.1, 0.15) is 0 Å². The number of hydrogen-bond acceptors (Lipinski definition) is 2. The number of carbonyl (C=O) groups is 1. The van der Waals surface area contributed by atoms with Crippen LogP contribution in [0.1, 0.15) is 43.4 Å².